The second kappa shape index (κ2) is 7.04. The molecule has 2 aromatic carbocycles. The summed E-state index contributed by atoms with van der Waals surface area (Å²) < 4.78 is 13.5. The molecule has 0 fully saturated rings. The minimum absolute atomic E-state index is 0.0440. The number of nitrogens with one attached hydrogen (secondary N) is 2. The van der Waals surface area contributed by atoms with Crippen LogP contribution in [0.15, 0.2) is 42.5 Å². The van der Waals surface area contributed by atoms with Crippen LogP contribution in [0.3, 0.4) is 0 Å². The van der Waals surface area contributed by atoms with Crippen molar-refractivity contribution in [3.63, 3.8) is 0 Å². The van der Waals surface area contributed by atoms with Gasteiger partial charge >= 0.3 is 6.03 Å². The fourth-order valence-corrected chi connectivity index (χ4v) is 2.00. The van der Waals surface area contributed by atoms with E-state index >= 15 is 0 Å². The monoisotopic (exact) mass is 302 g/mol. The molecule has 0 saturated carbocycles. The first-order valence-corrected chi connectivity index (χ1v) is 7.01. The van der Waals surface area contributed by atoms with E-state index in [-0.39, 0.29) is 12.2 Å². The van der Waals surface area contributed by atoms with Gasteiger partial charge in [0, 0.05) is 6.54 Å². The first-order chi connectivity index (χ1) is 10.5. The third-order valence-corrected chi connectivity index (χ3v) is 3.29. The van der Waals surface area contributed by atoms with Gasteiger partial charge in [-0.05, 0) is 37.1 Å². The van der Waals surface area contributed by atoms with Crippen LogP contribution < -0.4 is 10.6 Å². The lowest BCUT2D eigenvalue weighted by Gasteiger charge is -2.13. The number of anilines is 1. The first kappa shape index (κ1) is 16.0. The van der Waals surface area contributed by atoms with Crippen LogP contribution in [0.1, 0.15) is 22.8 Å². The number of benzene rings is 2. The Kier molecular flexibility index (Phi) is 5.12. The minimum Gasteiger partial charge on any atom is -0.387 e. The van der Waals surface area contributed by atoms with E-state index in [1.54, 1.807) is 24.3 Å². The smallest absolute Gasteiger partial charge is 0.319 e. The van der Waals surface area contributed by atoms with Crippen molar-refractivity contribution in [2.75, 3.05) is 11.9 Å². The van der Waals surface area contributed by atoms with Crippen molar-refractivity contribution < 1.29 is 14.3 Å². The highest BCUT2D eigenvalue weighted by atomic mass is 19.1. The third-order valence-electron chi connectivity index (χ3n) is 3.29. The van der Waals surface area contributed by atoms with Crippen molar-refractivity contribution >= 4 is 11.7 Å². The number of amides is 2. The summed E-state index contributed by atoms with van der Waals surface area (Å²) in [4.78, 5) is 11.8. The van der Waals surface area contributed by atoms with Gasteiger partial charge in [0.2, 0.25) is 0 Å². The van der Waals surface area contributed by atoms with E-state index in [1.165, 1.54) is 6.07 Å². The number of halogens is 1. The molecule has 0 spiro atoms. The number of hydrogen-bond acceptors (Lipinski definition) is 2. The number of carbonyl (C=O) groups excluding carboxylic acids is 1. The molecule has 116 valence electrons. The number of hydrogen-bond donors (Lipinski definition) is 3. The molecule has 5 heteroatoms. The van der Waals surface area contributed by atoms with Gasteiger partial charge in [0.1, 0.15) is 5.82 Å². The lowest BCUT2D eigenvalue weighted by molar-refractivity contribution is 0.175. The number of aliphatic hydroxyl groups is 1. The molecule has 0 saturated heterocycles. The van der Waals surface area contributed by atoms with Gasteiger partial charge in [-0.2, -0.15) is 0 Å². The Bertz CT molecular complexity index is 656. The quantitative estimate of drug-likeness (QED) is 0.811. The summed E-state index contributed by atoms with van der Waals surface area (Å²) >= 11 is 0. The highest BCUT2D eigenvalue weighted by molar-refractivity contribution is 5.89. The second-order valence-electron chi connectivity index (χ2n) is 5.24. The maximum atomic E-state index is 13.5. The molecule has 0 heterocycles. The lowest BCUT2D eigenvalue weighted by Crippen LogP contribution is -2.32. The van der Waals surface area contributed by atoms with Crippen LogP contribution in [0, 0.1) is 19.7 Å². The summed E-state index contributed by atoms with van der Waals surface area (Å²) in [6.45, 7) is 3.81. The number of urea groups is 1. The molecule has 2 amide bonds. The molecule has 4 nitrogen and oxygen atoms in total. The number of aryl methyl sites for hydroxylation is 2. The molecule has 2 aromatic rings. The maximum Gasteiger partial charge on any atom is 0.319 e. The van der Waals surface area contributed by atoms with Gasteiger partial charge in [-0.25, -0.2) is 9.18 Å². The van der Waals surface area contributed by atoms with Crippen LogP contribution in [-0.4, -0.2) is 17.7 Å². The van der Waals surface area contributed by atoms with E-state index in [9.17, 15) is 14.3 Å². The van der Waals surface area contributed by atoms with Crippen molar-refractivity contribution in [2.24, 2.45) is 0 Å². The largest absolute Gasteiger partial charge is 0.387 e. The van der Waals surface area contributed by atoms with E-state index in [0.29, 0.717) is 5.56 Å². The van der Waals surface area contributed by atoms with Crippen molar-refractivity contribution in [3.05, 3.63) is 65.0 Å². The topological polar surface area (TPSA) is 61.4 Å². The van der Waals surface area contributed by atoms with Crippen LogP contribution in [0.2, 0.25) is 0 Å². The SMILES string of the molecule is Cc1ccc(C(O)CNC(=O)Nc2cc(C)ccc2F)cc1. The first-order valence-electron chi connectivity index (χ1n) is 7.01. The normalized spacial score (nSPS) is 11.8. The third kappa shape index (κ3) is 4.30. The number of carbonyl (C=O) groups is 1. The van der Waals surface area contributed by atoms with Gasteiger partial charge in [-0.1, -0.05) is 35.9 Å². The van der Waals surface area contributed by atoms with E-state index in [2.05, 4.69) is 10.6 Å². The maximum absolute atomic E-state index is 13.5. The van der Waals surface area contributed by atoms with E-state index in [4.69, 9.17) is 0 Å². The highest BCUT2D eigenvalue weighted by Gasteiger charge is 2.11. The number of rotatable bonds is 4. The Morgan fingerprint density at radius 1 is 1.14 bits per heavy atom. The molecular formula is C17H19FN2O2. The zero-order valence-electron chi connectivity index (χ0n) is 12.6. The number of aliphatic hydroxyl groups excluding tert-OH is 1. The summed E-state index contributed by atoms with van der Waals surface area (Å²) in [5, 5.41) is 15.0. The zero-order chi connectivity index (χ0) is 16.1. The van der Waals surface area contributed by atoms with Gasteiger partial charge in [0.25, 0.3) is 0 Å². The Morgan fingerprint density at radius 2 is 1.77 bits per heavy atom. The average Bonchev–Trinajstić information content (AvgIpc) is 2.49. The van der Waals surface area contributed by atoms with E-state index in [0.717, 1.165) is 11.1 Å². The van der Waals surface area contributed by atoms with Gasteiger partial charge < -0.3 is 15.7 Å². The van der Waals surface area contributed by atoms with Gasteiger partial charge in [-0.15, -0.1) is 0 Å². The van der Waals surface area contributed by atoms with Crippen LogP contribution in [-0.2, 0) is 0 Å². The minimum atomic E-state index is -0.811. The molecule has 0 aliphatic carbocycles. The van der Waals surface area contributed by atoms with Crippen molar-refractivity contribution in [3.8, 4) is 0 Å². The standard InChI is InChI=1S/C17H19FN2O2/c1-11-3-6-13(7-4-11)16(21)10-19-17(22)20-15-9-12(2)5-8-14(15)18/h3-9,16,21H,10H2,1-2H3,(H2,19,20,22). The molecule has 0 aliphatic rings. The molecule has 0 aromatic heterocycles. The van der Waals surface area contributed by atoms with Crippen molar-refractivity contribution in [1.82, 2.24) is 5.32 Å². The van der Waals surface area contributed by atoms with Crippen LogP contribution in [0.5, 0.6) is 0 Å². The van der Waals surface area contributed by atoms with Gasteiger partial charge in [0.15, 0.2) is 0 Å². The van der Waals surface area contributed by atoms with Crippen molar-refractivity contribution in [2.45, 2.75) is 20.0 Å². The molecule has 1 unspecified atom stereocenters. The molecule has 0 bridgehead atoms. The fourth-order valence-electron chi connectivity index (χ4n) is 2.00. The van der Waals surface area contributed by atoms with Crippen LogP contribution in [0.25, 0.3) is 0 Å². The summed E-state index contributed by atoms with van der Waals surface area (Å²) in [6, 6.07) is 11.3. The molecule has 22 heavy (non-hydrogen) atoms. The summed E-state index contributed by atoms with van der Waals surface area (Å²) in [5.74, 6) is -0.500. The predicted molar refractivity (Wildman–Crippen MR) is 84.3 cm³/mol. The summed E-state index contributed by atoms with van der Waals surface area (Å²) in [5.41, 5.74) is 2.77. The van der Waals surface area contributed by atoms with Crippen molar-refractivity contribution in [1.29, 1.82) is 0 Å². The van der Waals surface area contributed by atoms with Crippen LogP contribution in [0.4, 0.5) is 14.9 Å². The van der Waals surface area contributed by atoms with Gasteiger partial charge in [0.05, 0.1) is 11.8 Å². The van der Waals surface area contributed by atoms with Crippen LogP contribution >= 0.6 is 0 Å². The Morgan fingerprint density at radius 3 is 2.45 bits per heavy atom. The second-order valence-corrected chi connectivity index (χ2v) is 5.24. The molecule has 0 radical (unpaired) electrons. The fraction of sp³-hybridized carbons (Fsp3) is 0.235. The van der Waals surface area contributed by atoms with E-state index < -0.39 is 18.0 Å². The Hall–Kier alpha value is -2.40. The highest BCUT2D eigenvalue weighted by Crippen LogP contribution is 2.16. The summed E-state index contributed by atoms with van der Waals surface area (Å²) in [6.07, 6.45) is -0.811. The Balaban J connectivity index is 1.89. The summed E-state index contributed by atoms with van der Waals surface area (Å²) in [7, 11) is 0. The van der Waals surface area contributed by atoms with Gasteiger partial charge in [-0.3, -0.25) is 0 Å². The average molecular weight is 302 g/mol. The molecule has 3 N–H and O–H groups in total. The molecular weight excluding hydrogens is 283 g/mol. The predicted octanol–water partition coefficient (Wildman–Crippen LogP) is 3.30. The van der Waals surface area contributed by atoms with E-state index in [1.807, 2.05) is 26.0 Å². The zero-order valence-corrected chi connectivity index (χ0v) is 12.6. The Labute approximate surface area is 129 Å². The molecule has 0 aliphatic heterocycles. The molecule has 1 atom stereocenters. The molecule has 2 rings (SSSR count). The lowest BCUT2D eigenvalue weighted by atomic mass is 10.1.